The van der Waals surface area contributed by atoms with E-state index in [4.69, 9.17) is 0 Å². The predicted octanol–water partition coefficient (Wildman–Crippen LogP) is 3.30. The average Bonchev–Trinajstić information content (AvgIpc) is 3.00. The highest BCUT2D eigenvalue weighted by Gasteiger charge is 2.35. The van der Waals surface area contributed by atoms with Gasteiger partial charge < -0.3 is 10.2 Å². The second-order valence-corrected chi connectivity index (χ2v) is 7.18. The summed E-state index contributed by atoms with van der Waals surface area (Å²) in [6.07, 6.45) is 3.52. The number of hydrogen-bond donors (Lipinski definition) is 1. The first-order valence-electron chi connectivity index (χ1n) is 7.53. The molecule has 1 N–H and O–H groups in total. The van der Waals surface area contributed by atoms with E-state index in [9.17, 15) is 4.79 Å². The van der Waals surface area contributed by atoms with Gasteiger partial charge in [-0.15, -0.1) is 23.7 Å². The Kier molecular flexibility index (Phi) is 7.17. The number of likely N-dealkylation sites (tertiary alicyclic amines) is 1. The molecule has 0 saturated carbocycles. The topological polar surface area (TPSA) is 32.3 Å². The molecule has 2 rings (SSSR count). The van der Waals surface area contributed by atoms with E-state index in [0.29, 0.717) is 0 Å². The van der Waals surface area contributed by atoms with Gasteiger partial charge >= 0.3 is 0 Å². The largest absolute Gasteiger partial charge is 0.342 e. The Morgan fingerprint density at radius 2 is 2.10 bits per heavy atom. The van der Waals surface area contributed by atoms with Crippen LogP contribution in [0.4, 0.5) is 0 Å². The van der Waals surface area contributed by atoms with Gasteiger partial charge in [0.1, 0.15) is 0 Å². The molecule has 1 saturated heterocycles. The molecular weight excluding hydrogens is 304 g/mol. The van der Waals surface area contributed by atoms with Crippen LogP contribution in [0, 0.1) is 5.92 Å². The molecule has 21 heavy (non-hydrogen) atoms. The van der Waals surface area contributed by atoms with Crippen molar-refractivity contribution in [3.8, 4) is 0 Å². The van der Waals surface area contributed by atoms with Crippen molar-refractivity contribution in [1.82, 2.24) is 10.2 Å². The van der Waals surface area contributed by atoms with Crippen LogP contribution in [0.25, 0.3) is 0 Å². The smallest absolute Gasteiger partial charge is 0.233 e. The third-order valence-electron chi connectivity index (χ3n) is 4.38. The number of hydrogen-bond acceptors (Lipinski definition) is 3. The van der Waals surface area contributed by atoms with E-state index in [1.807, 2.05) is 32.3 Å². The van der Waals surface area contributed by atoms with Crippen molar-refractivity contribution in [2.45, 2.75) is 38.5 Å². The van der Waals surface area contributed by atoms with E-state index < -0.39 is 0 Å². The van der Waals surface area contributed by atoms with E-state index in [1.54, 1.807) is 11.3 Å². The molecule has 0 aromatic carbocycles. The van der Waals surface area contributed by atoms with E-state index in [0.717, 1.165) is 38.4 Å². The third kappa shape index (κ3) is 4.44. The Morgan fingerprint density at radius 3 is 2.62 bits per heavy atom. The maximum absolute atomic E-state index is 12.8. The molecule has 0 unspecified atom stereocenters. The molecule has 0 bridgehead atoms. The summed E-state index contributed by atoms with van der Waals surface area (Å²) in [6, 6.07) is 4.10. The number of nitrogens with one attached hydrogen (secondary N) is 1. The van der Waals surface area contributed by atoms with Crippen molar-refractivity contribution in [3.05, 3.63) is 22.4 Å². The van der Waals surface area contributed by atoms with Gasteiger partial charge in [0.25, 0.3) is 0 Å². The molecule has 0 spiro atoms. The Morgan fingerprint density at radius 1 is 1.43 bits per heavy atom. The number of rotatable bonds is 5. The maximum atomic E-state index is 12.8. The standard InChI is InChI=1S/C16H26N2OS.ClH/c1-16(2,14-5-4-12-20-14)15(19)18-10-7-13(8-11-18)6-9-17-3;/h4-5,12-13,17H,6-11H2,1-3H3;1H. The molecule has 1 aliphatic heterocycles. The number of carbonyl (C=O) groups is 1. The van der Waals surface area contributed by atoms with Crippen molar-refractivity contribution in [3.63, 3.8) is 0 Å². The summed E-state index contributed by atoms with van der Waals surface area (Å²) < 4.78 is 0. The SMILES string of the molecule is CNCCC1CCN(C(=O)C(C)(C)c2cccs2)CC1.Cl. The molecule has 1 fully saturated rings. The predicted molar refractivity (Wildman–Crippen MR) is 92.4 cm³/mol. The van der Waals surface area contributed by atoms with Crippen LogP contribution in [0.3, 0.4) is 0 Å². The lowest BCUT2D eigenvalue weighted by atomic mass is 9.87. The van der Waals surface area contributed by atoms with Gasteiger partial charge in [-0.3, -0.25) is 4.79 Å². The van der Waals surface area contributed by atoms with Gasteiger partial charge in [0.2, 0.25) is 5.91 Å². The minimum absolute atomic E-state index is 0. The van der Waals surface area contributed by atoms with E-state index in [-0.39, 0.29) is 23.7 Å². The highest BCUT2D eigenvalue weighted by Crippen LogP contribution is 2.31. The van der Waals surface area contributed by atoms with Crippen LogP contribution in [0.15, 0.2) is 17.5 Å². The first kappa shape index (κ1) is 18.5. The van der Waals surface area contributed by atoms with Crippen LogP contribution in [0.1, 0.15) is 38.0 Å². The summed E-state index contributed by atoms with van der Waals surface area (Å²) in [7, 11) is 2.00. The van der Waals surface area contributed by atoms with E-state index in [2.05, 4.69) is 16.3 Å². The second-order valence-electron chi connectivity index (χ2n) is 6.23. The lowest BCUT2D eigenvalue weighted by Crippen LogP contribution is -2.46. The van der Waals surface area contributed by atoms with Crippen LogP contribution in [0.5, 0.6) is 0 Å². The van der Waals surface area contributed by atoms with Gasteiger partial charge in [-0.2, -0.15) is 0 Å². The molecule has 5 heteroatoms. The summed E-state index contributed by atoms with van der Waals surface area (Å²) in [5, 5.41) is 5.26. The van der Waals surface area contributed by atoms with Crippen LogP contribution >= 0.6 is 23.7 Å². The average molecular weight is 331 g/mol. The molecule has 1 aromatic heterocycles. The van der Waals surface area contributed by atoms with Crippen LogP contribution in [0.2, 0.25) is 0 Å². The van der Waals surface area contributed by atoms with Gasteiger partial charge in [-0.1, -0.05) is 6.07 Å². The molecule has 120 valence electrons. The number of piperidine rings is 1. The highest BCUT2D eigenvalue weighted by atomic mass is 35.5. The molecule has 1 amide bonds. The highest BCUT2D eigenvalue weighted by molar-refractivity contribution is 7.10. The first-order valence-corrected chi connectivity index (χ1v) is 8.41. The van der Waals surface area contributed by atoms with E-state index in [1.165, 1.54) is 11.3 Å². The zero-order valence-corrected chi connectivity index (χ0v) is 14.9. The minimum atomic E-state index is -0.383. The van der Waals surface area contributed by atoms with Gasteiger partial charge in [-0.25, -0.2) is 0 Å². The van der Waals surface area contributed by atoms with Gasteiger partial charge in [-0.05, 0) is 64.1 Å². The molecule has 1 aromatic rings. The molecule has 3 nitrogen and oxygen atoms in total. The Balaban J connectivity index is 0.00000220. The number of halogens is 1. The first-order chi connectivity index (χ1) is 9.55. The fourth-order valence-corrected chi connectivity index (χ4v) is 3.75. The van der Waals surface area contributed by atoms with Crippen LogP contribution in [-0.2, 0) is 10.2 Å². The van der Waals surface area contributed by atoms with Crippen molar-refractivity contribution in [2.24, 2.45) is 5.92 Å². The number of thiophene rings is 1. The second kappa shape index (κ2) is 8.16. The van der Waals surface area contributed by atoms with Gasteiger partial charge in [0.15, 0.2) is 0 Å². The zero-order valence-electron chi connectivity index (χ0n) is 13.2. The van der Waals surface area contributed by atoms with Crippen molar-refractivity contribution in [2.75, 3.05) is 26.7 Å². The summed E-state index contributed by atoms with van der Waals surface area (Å²) in [6.45, 7) is 7.02. The molecule has 0 atom stereocenters. The molecule has 0 aliphatic carbocycles. The lowest BCUT2D eigenvalue weighted by molar-refractivity contribution is -0.137. The summed E-state index contributed by atoms with van der Waals surface area (Å²) in [4.78, 5) is 16.0. The zero-order chi connectivity index (χ0) is 14.6. The van der Waals surface area contributed by atoms with Crippen LogP contribution < -0.4 is 5.32 Å². The van der Waals surface area contributed by atoms with E-state index >= 15 is 0 Å². The van der Waals surface area contributed by atoms with Crippen molar-refractivity contribution < 1.29 is 4.79 Å². The summed E-state index contributed by atoms with van der Waals surface area (Å²) in [5.74, 6) is 1.06. The molecular formula is C16H27ClN2OS. The number of amides is 1. The monoisotopic (exact) mass is 330 g/mol. The summed E-state index contributed by atoms with van der Waals surface area (Å²) in [5.41, 5.74) is -0.383. The quantitative estimate of drug-likeness (QED) is 0.898. The Labute approximate surface area is 138 Å². The third-order valence-corrected chi connectivity index (χ3v) is 5.57. The minimum Gasteiger partial charge on any atom is -0.342 e. The molecule has 0 radical (unpaired) electrons. The van der Waals surface area contributed by atoms with Crippen molar-refractivity contribution >= 4 is 29.7 Å². The molecule has 1 aliphatic rings. The van der Waals surface area contributed by atoms with Crippen LogP contribution in [-0.4, -0.2) is 37.5 Å². The molecule has 2 heterocycles. The Bertz CT molecular complexity index is 425. The normalized spacial score (nSPS) is 16.6. The maximum Gasteiger partial charge on any atom is 0.233 e. The number of nitrogens with zero attached hydrogens (tertiary/aromatic N) is 1. The van der Waals surface area contributed by atoms with Gasteiger partial charge in [0.05, 0.1) is 5.41 Å². The number of carbonyl (C=O) groups excluding carboxylic acids is 1. The summed E-state index contributed by atoms with van der Waals surface area (Å²) >= 11 is 1.68. The van der Waals surface area contributed by atoms with Gasteiger partial charge in [0, 0.05) is 18.0 Å². The van der Waals surface area contributed by atoms with Crippen molar-refractivity contribution in [1.29, 1.82) is 0 Å². The fourth-order valence-electron chi connectivity index (χ4n) is 2.91. The lowest BCUT2D eigenvalue weighted by Gasteiger charge is -2.36. The fraction of sp³-hybridized carbons (Fsp3) is 0.688. The Hall–Kier alpha value is -0.580.